The van der Waals surface area contributed by atoms with Crippen molar-refractivity contribution in [2.24, 2.45) is 0 Å². The molecule has 2 heterocycles. The Hall–Kier alpha value is -1.86. The molecule has 1 unspecified atom stereocenters. The minimum absolute atomic E-state index is 0.277. The highest BCUT2D eigenvalue weighted by Crippen LogP contribution is 2.31. The lowest BCUT2D eigenvalue weighted by Gasteiger charge is -2.21. The Balaban J connectivity index is 1.88. The number of hydrogen-bond donors (Lipinski definition) is 1. The van der Waals surface area contributed by atoms with Crippen LogP contribution < -0.4 is 9.62 Å². The first-order valence-corrected chi connectivity index (χ1v) is 8.78. The van der Waals surface area contributed by atoms with Gasteiger partial charge in [-0.15, -0.1) is 0 Å². The maximum atomic E-state index is 12.2. The van der Waals surface area contributed by atoms with Crippen LogP contribution >= 0.6 is 0 Å². The van der Waals surface area contributed by atoms with Crippen molar-refractivity contribution in [1.29, 1.82) is 0 Å². The van der Waals surface area contributed by atoms with Gasteiger partial charge in [-0.05, 0) is 38.1 Å². The Morgan fingerprint density at radius 1 is 1.32 bits per heavy atom. The number of rotatable bonds is 4. The lowest BCUT2D eigenvalue weighted by molar-refractivity contribution is 0.494. The molecule has 0 radical (unpaired) electrons. The van der Waals surface area contributed by atoms with Crippen LogP contribution in [0.15, 0.2) is 41.6 Å². The van der Waals surface area contributed by atoms with E-state index in [0.29, 0.717) is 4.90 Å². The smallest absolute Gasteiger partial charge is 0.242 e. The predicted molar refractivity (Wildman–Crippen MR) is 85.5 cm³/mol. The number of para-hydroxylation sites is 1. The molecule has 22 heavy (non-hydrogen) atoms. The zero-order valence-corrected chi connectivity index (χ0v) is 13.5. The molecule has 2 aromatic rings. The van der Waals surface area contributed by atoms with Gasteiger partial charge in [-0.3, -0.25) is 4.68 Å². The van der Waals surface area contributed by atoms with E-state index in [1.807, 2.05) is 36.1 Å². The summed E-state index contributed by atoms with van der Waals surface area (Å²) in [7, 11) is -2.02. The molecule has 1 atom stereocenters. The Morgan fingerprint density at radius 3 is 2.77 bits per heavy atom. The van der Waals surface area contributed by atoms with E-state index in [-0.39, 0.29) is 6.04 Å². The van der Waals surface area contributed by atoms with Crippen LogP contribution in [0.2, 0.25) is 0 Å². The van der Waals surface area contributed by atoms with E-state index in [1.54, 1.807) is 12.1 Å². The maximum Gasteiger partial charge on any atom is 0.242 e. The van der Waals surface area contributed by atoms with Gasteiger partial charge in [0.1, 0.15) is 4.90 Å². The molecule has 1 aliphatic heterocycles. The van der Waals surface area contributed by atoms with Crippen molar-refractivity contribution in [2.45, 2.75) is 24.3 Å². The Labute approximate surface area is 130 Å². The van der Waals surface area contributed by atoms with Crippen molar-refractivity contribution in [3.8, 4) is 0 Å². The Kier molecular flexibility index (Phi) is 3.92. The lowest BCUT2D eigenvalue weighted by Crippen LogP contribution is -2.26. The lowest BCUT2D eigenvalue weighted by atomic mass is 10.3. The van der Waals surface area contributed by atoms with E-state index in [2.05, 4.69) is 14.7 Å². The van der Waals surface area contributed by atoms with Gasteiger partial charge < -0.3 is 4.90 Å². The van der Waals surface area contributed by atoms with E-state index in [9.17, 15) is 8.42 Å². The van der Waals surface area contributed by atoms with Gasteiger partial charge in [0.25, 0.3) is 0 Å². The van der Waals surface area contributed by atoms with Crippen LogP contribution in [0.25, 0.3) is 0 Å². The summed E-state index contributed by atoms with van der Waals surface area (Å²) in [5.41, 5.74) is 1.89. The fourth-order valence-corrected chi connectivity index (χ4v) is 3.81. The number of benzene rings is 1. The molecule has 1 aliphatic rings. The molecular weight excluding hydrogens is 300 g/mol. The molecule has 6 nitrogen and oxygen atoms in total. The van der Waals surface area contributed by atoms with E-state index >= 15 is 0 Å². The van der Waals surface area contributed by atoms with Crippen molar-refractivity contribution >= 4 is 15.7 Å². The van der Waals surface area contributed by atoms with Crippen LogP contribution in [0.3, 0.4) is 0 Å². The van der Waals surface area contributed by atoms with Crippen molar-refractivity contribution in [3.05, 3.63) is 42.2 Å². The fourth-order valence-electron chi connectivity index (χ4n) is 2.86. The third-order valence-electron chi connectivity index (χ3n) is 4.03. The molecule has 0 amide bonds. The average molecular weight is 320 g/mol. The topological polar surface area (TPSA) is 67.2 Å². The highest BCUT2D eigenvalue weighted by atomic mass is 32.2. The SMILES string of the molecule is CNS(=O)(=O)c1ccccc1N1CCC(n2cc(C)cn2)C1. The van der Waals surface area contributed by atoms with E-state index in [1.165, 1.54) is 7.05 Å². The van der Waals surface area contributed by atoms with Crippen LogP contribution in [-0.4, -0.2) is 38.3 Å². The third-order valence-corrected chi connectivity index (χ3v) is 5.49. The van der Waals surface area contributed by atoms with Crippen molar-refractivity contribution in [3.63, 3.8) is 0 Å². The number of sulfonamides is 1. The molecule has 0 aliphatic carbocycles. The highest BCUT2D eigenvalue weighted by molar-refractivity contribution is 7.89. The summed E-state index contributed by atoms with van der Waals surface area (Å²) in [5, 5.41) is 4.37. The molecule has 1 saturated heterocycles. The van der Waals surface area contributed by atoms with Gasteiger partial charge in [0, 0.05) is 19.3 Å². The molecule has 0 bridgehead atoms. The first-order valence-electron chi connectivity index (χ1n) is 7.29. The molecule has 1 fully saturated rings. The van der Waals surface area contributed by atoms with E-state index in [0.717, 1.165) is 30.8 Å². The molecule has 1 N–H and O–H groups in total. The number of anilines is 1. The highest BCUT2D eigenvalue weighted by Gasteiger charge is 2.28. The van der Waals surface area contributed by atoms with Gasteiger partial charge in [-0.1, -0.05) is 12.1 Å². The maximum absolute atomic E-state index is 12.2. The molecule has 7 heteroatoms. The minimum atomic E-state index is -3.46. The minimum Gasteiger partial charge on any atom is -0.368 e. The van der Waals surface area contributed by atoms with Crippen LogP contribution in [0.4, 0.5) is 5.69 Å². The van der Waals surface area contributed by atoms with Gasteiger partial charge in [0.15, 0.2) is 0 Å². The van der Waals surface area contributed by atoms with Crippen LogP contribution in [0.5, 0.6) is 0 Å². The van der Waals surface area contributed by atoms with Crippen LogP contribution in [0.1, 0.15) is 18.0 Å². The van der Waals surface area contributed by atoms with Crippen LogP contribution in [0, 0.1) is 6.92 Å². The largest absolute Gasteiger partial charge is 0.368 e. The van der Waals surface area contributed by atoms with Crippen LogP contribution in [-0.2, 0) is 10.0 Å². The number of nitrogens with zero attached hydrogens (tertiary/aromatic N) is 3. The van der Waals surface area contributed by atoms with Gasteiger partial charge >= 0.3 is 0 Å². The normalized spacial score (nSPS) is 18.8. The number of aromatic nitrogens is 2. The monoisotopic (exact) mass is 320 g/mol. The summed E-state index contributed by atoms with van der Waals surface area (Å²) < 4.78 is 28.7. The second-order valence-corrected chi connectivity index (χ2v) is 7.42. The zero-order valence-electron chi connectivity index (χ0n) is 12.7. The second kappa shape index (κ2) is 5.73. The van der Waals surface area contributed by atoms with Gasteiger partial charge in [0.2, 0.25) is 10.0 Å². The zero-order chi connectivity index (χ0) is 15.7. The first kappa shape index (κ1) is 15.1. The molecule has 3 rings (SSSR count). The van der Waals surface area contributed by atoms with E-state index in [4.69, 9.17) is 0 Å². The van der Waals surface area contributed by atoms with E-state index < -0.39 is 10.0 Å². The standard InChI is InChI=1S/C15H20N4O2S/c1-12-9-17-19(10-12)13-7-8-18(11-13)14-5-3-4-6-15(14)22(20,21)16-2/h3-6,9-10,13,16H,7-8,11H2,1-2H3. The fraction of sp³-hybridized carbons (Fsp3) is 0.400. The van der Waals surface area contributed by atoms with Gasteiger partial charge in [-0.25, -0.2) is 13.1 Å². The molecule has 0 spiro atoms. The molecule has 118 valence electrons. The van der Waals surface area contributed by atoms with Gasteiger partial charge in [-0.2, -0.15) is 5.10 Å². The summed E-state index contributed by atoms with van der Waals surface area (Å²) >= 11 is 0. The van der Waals surface area contributed by atoms with Crippen molar-refractivity contribution in [2.75, 3.05) is 25.0 Å². The summed E-state index contributed by atoms with van der Waals surface area (Å²) in [6.45, 7) is 3.60. The molecule has 0 saturated carbocycles. The summed E-state index contributed by atoms with van der Waals surface area (Å²) in [6.07, 6.45) is 4.83. The quantitative estimate of drug-likeness (QED) is 0.928. The molecular formula is C15H20N4O2S. The average Bonchev–Trinajstić information content (AvgIpc) is 3.16. The molecule has 1 aromatic carbocycles. The summed E-state index contributed by atoms with van der Waals surface area (Å²) in [4.78, 5) is 2.45. The molecule has 1 aromatic heterocycles. The summed E-state index contributed by atoms with van der Waals surface area (Å²) in [6, 6.07) is 7.40. The van der Waals surface area contributed by atoms with Crippen molar-refractivity contribution < 1.29 is 8.42 Å². The Bertz CT molecular complexity index is 769. The van der Waals surface area contributed by atoms with Gasteiger partial charge in [0.05, 0.1) is 17.9 Å². The predicted octanol–water partition coefficient (Wildman–Crippen LogP) is 1.55. The summed E-state index contributed by atoms with van der Waals surface area (Å²) in [5.74, 6) is 0. The van der Waals surface area contributed by atoms with Crippen molar-refractivity contribution in [1.82, 2.24) is 14.5 Å². The number of nitrogens with one attached hydrogen (secondary N) is 1. The first-order chi connectivity index (χ1) is 10.5. The Morgan fingerprint density at radius 2 is 2.09 bits per heavy atom. The number of hydrogen-bond acceptors (Lipinski definition) is 4. The second-order valence-electron chi connectivity index (χ2n) is 5.56. The third kappa shape index (κ3) is 2.74. The number of aryl methyl sites for hydroxylation is 1.